The number of nitrogens with zero attached hydrogens (tertiary/aromatic N) is 3. The summed E-state index contributed by atoms with van der Waals surface area (Å²) in [5, 5.41) is 3.94. The van der Waals surface area contributed by atoms with Crippen LogP contribution in [0.15, 0.2) is 24.3 Å². The molecule has 1 aliphatic rings. The molecule has 0 spiro atoms. The number of benzene rings is 1. The van der Waals surface area contributed by atoms with Crippen LogP contribution in [0.3, 0.4) is 0 Å². The fourth-order valence-corrected chi connectivity index (χ4v) is 2.96. The molecule has 1 amide bonds. The van der Waals surface area contributed by atoms with Gasteiger partial charge in [0.1, 0.15) is 17.3 Å². The van der Waals surface area contributed by atoms with Gasteiger partial charge in [0, 0.05) is 29.9 Å². The summed E-state index contributed by atoms with van der Waals surface area (Å²) in [5.41, 5.74) is 2.36. The van der Waals surface area contributed by atoms with Crippen LogP contribution >= 0.6 is 11.6 Å². The van der Waals surface area contributed by atoms with E-state index < -0.39 is 0 Å². The minimum Gasteiger partial charge on any atom is -0.340 e. The van der Waals surface area contributed by atoms with E-state index in [1.807, 2.05) is 30.0 Å². The molecule has 0 unspecified atom stereocenters. The lowest BCUT2D eigenvalue weighted by atomic mass is 10.2. The van der Waals surface area contributed by atoms with Crippen molar-refractivity contribution in [3.8, 4) is 0 Å². The predicted molar refractivity (Wildman–Crippen MR) is 91.4 cm³/mol. The molecule has 0 radical (unpaired) electrons. The zero-order valence-corrected chi connectivity index (χ0v) is 14.0. The van der Waals surface area contributed by atoms with E-state index in [0.717, 1.165) is 37.2 Å². The Morgan fingerprint density at radius 3 is 2.61 bits per heavy atom. The van der Waals surface area contributed by atoms with Crippen LogP contribution in [0, 0.1) is 13.8 Å². The number of carbonyl (C=O) groups excluding carboxylic acids is 1. The highest BCUT2D eigenvalue weighted by Gasteiger charge is 2.21. The molecule has 0 aliphatic carbocycles. The number of halogens is 1. The van der Waals surface area contributed by atoms with E-state index in [1.165, 1.54) is 0 Å². The molecule has 1 aromatic carbocycles. The molecule has 1 aromatic heterocycles. The van der Waals surface area contributed by atoms with Crippen molar-refractivity contribution in [1.29, 1.82) is 0 Å². The van der Waals surface area contributed by atoms with Crippen LogP contribution in [0.5, 0.6) is 0 Å². The van der Waals surface area contributed by atoms with Crippen molar-refractivity contribution >= 4 is 29.0 Å². The highest BCUT2D eigenvalue weighted by Crippen LogP contribution is 2.23. The van der Waals surface area contributed by atoms with Gasteiger partial charge in [-0.25, -0.2) is 9.97 Å². The Morgan fingerprint density at radius 1 is 1.17 bits per heavy atom. The van der Waals surface area contributed by atoms with Crippen molar-refractivity contribution in [2.45, 2.75) is 26.7 Å². The Morgan fingerprint density at radius 2 is 1.91 bits per heavy atom. The third-order valence-corrected chi connectivity index (χ3v) is 4.14. The maximum absolute atomic E-state index is 12.5. The van der Waals surface area contributed by atoms with Gasteiger partial charge in [0.15, 0.2) is 0 Å². The van der Waals surface area contributed by atoms with E-state index in [9.17, 15) is 4.79 Å². The van der Waals surface area contributed by atoms with Crippen LogP contribution in [0.1, 0.15) is 34.7 Å². The summed E-state index contributed by atoms with van der Waals surface area (Å²) in [6, 6.07) is 7.31. The second kappa shape index (κ2) is 6.54. The summed E-state index contributed by atoms with van der Waals surface area (Å²) in [6.45, 7) is 5.38. The van der Waals surface area contributed by atoms with Crippen molar-refractivity contribution in [1.82, 2.24) is 14.9 Å². The van der Waals surface area contributed by atoms with Gasteiger partial charge in [-0.1, -0.05) is 11.6 Å². The molecular weight excluding hydrogens is 312 g/mol. The number of aryl methyl sites for hydroxylation is 2. The summed E-state index contributed by atoms with van der Waals surface area (Å²) in [4.78, 5) is 23.0. The van der Waals surface area contributed by atoms with Crippen LogP contribution in [0.25, 0.3) is 0 Å². The Kier molecular flexibility index (Phi) is 4.48. The van der Waals surface area contributed by atoms with Crippen molar-refractivity contribution in [3.63, 3.8) is 0 Å². The van der Waals surface area contributed by atoms with Gasteiger partial charge in [-0.2, -0.15) is 0 Å². The molecule has 2 heterocycles. The molecule has 0 bridgehead atoms. The van der Waals surface area contributed by atoms with Crippen LogP contribution in [0.4, 0.5) is 11.5 Å². The zero-order valence-electron chi connectivity index (χ0n) is 13.3. The van der Waals surface area contributed by atoms with Gasteiger partial charge in [-0.05, 0) is 50.5 Å². The first-order chi connectivity index (χ1) is 11.0. The second-order valence-corrected chi connectivity index (χ2v) is 6.21. The molecule has 3 rings (SSSR count). The first-order valence-corrected chi connectivity index (χ1v) is 8.09. The van der Waals surface area contributed by atoms with Gasteiger partial charge < -0.3 is 10.2 Å². The Bertz CT molecular complexity index is 741. The normalized spacial score (nSPS) is 14.1. The van der Waals surface area contributed by atoms with E-state index in [0.29, 0.717) is 22.4 Å². The highest BCUT2D eigenvalue weighted by molar-refractivity contribution is 6.30. The van der Waals surface area contributed by atoms with Gasteiger partial charge in [0.25, 0.3) is 5.91 Å². The van der Waals surface area contributed by atoms with E-state index >= 15 is 0 Å². The number of likely N-dealkylation sites (tertiary alicyclic amines) is 1. The van der Waals surface area contributed by atoms with Crippen LogP contribution in [-0.4, -0.2) is 33.9 Å². The Labute approximate surface area is 140 Å². The molecule has 5 nitrogen and oxygen atoms in total. The number of hydrogen-bond acceptors (Lipinski definition) is 4. The Hall–Kier alpha value is -2.14. The lowest BCUT2D eigenvalue weighted by Crippen LogP contribution is -2.28. The fourth-order valence-electron chi connectivity index (χ4n) is 2.73. The van der Waals surface area contributed by atoms with Crippen molar-refractivity contribution < 1.29 is 4.79 Å². The average Bonchev–Trinajstić information content (AvgIpc) is 3.03. The third kappa shape index (κ3) is 3.62. The van der Waals surface area contributed by atoms with Gasteiger partial charge in [0.2, 0.25) is 0 Å². The van der Waals surface area contributed by atoms with Gasteiger partial charge in [-0.3, -0.25) is 4.79 Å². The standard InChI is InChI=1S/C17H19ClN4O/c1-11-9-13(18)5-6-14(11)21-16-10-15(19-12(2)20-16)17(23)22-7-3-4-8-22/h5-6,9-10H,3-4,7-8H2,1-2H3,(H,19,20,21). The molecule has 1 N–H and O–H groups in total. The third-order valence-electron chi connectivity index (χ3n) is 3.90. The molecule has 120 valence electrons. The van der Waals surface area contributed by atoms with E-state index in [2.05, 4.69) is 15.3 Å². The summed E-state index contributed by atoms with van der Waals surface area (Å²) in [7, 11) is 0. The number of hydrogen-bond donors (Lipinski definition) is 1. The van der Waals surface area contributed by atoms with Gasteiger partial charge in [-0.15, -0.1) is 0 Å². The number of aromatic nitrogens is 2. The average molecular weight is 331 g/mol. The lowest BCUT2D eigenvalue weighted by Gasteiger charge is -2.16. The molecule has 2 aromatic rings. The maximum Gasteiger partial charge on any atom is 0.272 e. The topological polar surface area (TPSA) is 58.1 Å². The van der Waals surface area contributed by atoms with Crippen LogP contribution in [-0.2, 0) is 0 Å². The van der Waals surface area contributed by atoms with E-state index in [4.69, 9.17) is 11.6 Å². The highest BCUT2D eigenvalue weighted by atomic mass is 35.5. The minimum atomic E-state index is -0.0242. The van der Waals surface area contributed by atoms with Crippen molar-refractivity contribution in [2.24, 2.45) is 0 Å². The number of nitrogens with one attached hydrogen (secondary N) is 1. The SMILES string of the molecule is Cc1nc(Nc2ccc(Cl)cc2C)cc(C(=O)N2CCCC2)n1. The number of rotatable bonds is 3. The van der Waals surface area contributed by atoms with Crippen molar-refractivity contribution in [3.05, 3.63) is 46.4 Å². The lowest BCUT2D eigenvalue weighted by molar-refractivity contribution is 0.0786. The largest absolute Gasteiger partial charge is 0.340 e. The molecule has 0 saturated carbocycles. The van der Waals surface area contributed by atoms with E-state index in [1.54, 1.807) is 13.0 Å². The predicted octanol–water partition coefficient (Wildman–Crippen LogP) is 3.73. The maximum atomic E-state index is 12.5. The quantitative estimate of drug-likeness (QED) is 0.931. The molecule has 6 heteroatoms. The molecular formula is C17H19ClN4O. The number of amides is 1. The van der Waals surface area contributed by atoms with E-state index in [-0.39, 0.29) is 5.91 Å². The first kappa shape index (κ1) is 15.7. The van der Waals surface area contributed by atoms with Gasteiger partial charge >= 0.3 is 0 Å². The van der Waals surface area contributed by atoms with Crippen LogP contribution < -0.4 is 5.32 Å². The summed E-state index contributed by atoms with van der Waals surface area (Å²) in [5.74, 6) is 1.17. The molecule has 0 atom stereocenters. The number of anilines is 2. The minimum absolute atomic E-state index is 0.0242. The summed E-state index contributed by atoms with van der Waals surface area (Å²) >= 11 is 5.98. The summed E-state index contributed by atoms with van der Waals surface area (Å²) < 4.78 is 0. The Balaban J connectivity index is 1.86. The van der Waals surface area contributed by atoms with Gasteiger partial charge in [0.05, 0.1) is 0 Å². The van der Waals surface area contributed by atoms with Crippen LogP contribution in [0.2, 0.25) is 5.02 Å². The monoisotopic (exact) mass is 330 g/mol. The first-order valence-electron chi connectivity index (χ1n) is 7.71. The molecule has 1 aliphatic heterocycles. The molecule has 1 saturated heterocycles. The second-order valence-electron chi connectivity index (χ2n) is 5.77. The summed E-state index contributed by atoms with van der Waals surface area (Å²) in [6.07, 6.45) is 2.12. The van der Waals surface area contributed by atoms with Crippen molar-refractivity contribution in [2.75, 3.05) is 18.4 Å². The smallest absolute Gasteiger partial charge is 0.272 e. The number of carbonyl (C=O) groups is 1. The molecule has 1 fully saturated rings. The zero-order chi connectivity index (χ0) is 16.4. The fraction of sp³-hybridized carbons (Fsp3) is 0.353. The molecule has 23 heavy (non-hydrogen) atoms.